The number of aliphatic hydroxyl groups excluding tert-OH is 1. The summed E-state index contributed by atoms with van der Waals surface area (Å²) in [5, 5.41) is 10.4. The fourth-order valence-electron chi connectivity index (χ4n) is 2.96. The SMILES string of the molecule is CCc1cc(N2C[C@@H](Cc3cnccn3)[C@H](O)C2)nc(N(C)C)n1. The van der Waals surface area contributed by atoms with Crippen LogP contribution in [0.25, 0.3) is 0 Å². The number of hydrogen-bond donors (Lipinski definition) is 1. The molecule has 3 rings (SSSR count). The summed E-state index contributed by atoms with van der Waals surface area (Å²) in [5.74, 6) is 1.71. The van der Waals surface area contributed by atoms with Crippen LogP contribution in [0.3, 0.4) is 0 Å². The predicted octanol–water partition coefficient (Wildman–Crippen LogP) is 0.935. The van der Waals surface area contributed by atoms with Gasteiger partial charge in [0.1, 0.15) is 5.82 Å². The van der Waals surface area contributed by atoms with Gasteiger partial charge in [-0.05, 0) is 12.8 Å². The van der Waals surface area contributed by atoms with Crippen LogP contribution in [0.15, 0.2) is 24.7 Å². The summed E-state index contributed by atoms with van der Waals surface area (Å²) < 4.78 is 0. The first-order valence-corrected chi connectivity index (χ1v) is 8.30. The van der Waals surface area contributed by atoms with E-state index in [4.69, 9.17) is 0 Å². The summed E-state index contributed by atoms with van der Waals surface area (Å²) in [7, 11) is 3.88. The molecule has 0 spiro atoms. The van der Waals surface area contributed by atoms with Crippen LogP contribution in [-0.2, 0) is 12.8 Å². The standard InChI is InChI=1S/C17H24N6O/c1-4-13-8-16(21-17(20-13)22(2)3)23-10-12(15(24)11-23)7-14-9-18-5-6-19-14/h5-6,8-9,12,15,24H,4,7,10-11H2,1-3H3/t12-,15-/m1/s1. The van der Waals surface area contributed by atoms with Crippen LogP contribution in [-0.4, -0.2) is 58.3 Å². The first kappa shape index (κ1) is 16.6. The molecular formula is C17H24N6O. The molecule has 0 saturated carbocycles. The summed E-state index contributed by atoms with van der Waals surface area (Å²) in [5.41, 5.74) is 1.92. The number of nitrogens with zero attached hydrogens (tertiary/aromatic N) is 6. The van der Waals surface area contributed by atoms with Gasteiger partial charge in [-0.2, -0.15) is 4.98 Å². The molecule has 0 aromatic carbocycles. The number of β-amino-alcohol motifs (C(OH)–C–C–N with tert-alkyl or cyclic N) is 1. The summed E-state index contributed by atoms with van der Waals surface area (Å²) in [4.78, 5) is 21.6. The average molecular weight is 328 g/mol. The highest BCUT2D eigenvalue weighted by Gasteiger charge is 2.32. The van der Waals surface area contributed by atoms with Crippen LogP contribution in [0.1, 0.15) is 18.3 Å². The third-order valence-electron chi connectivity index (χ3n) is 4.33. The van der Waals surface area contributed by atoms with Crippen molar-refractivity contribution in [3.63, 3.8) is 0 Å². The molecule has 2 aromatic heterocycles. The van der Waals surface area contributed by atoms with Gasteiger partial charge in [-0.1, -0.05) is 6.92 Å². The smallest absolute Gasteiger partial charge is 0.227 e. The van der Waals surface area contributed by atoms with Crippen LogP contribution >= 0.6 is 0 Å². The van der Waals surface area contributed by atoms with Crippen molar-refractivity contribution in [2.75, 3.05) is 37.0 Å². The van der Waals surface area contributed by atoms with Gasteiger partial charge < -0.3 is 14.9 Å². The number of anilines is 2. The Morgan fingerprint density at radius 2 is 2.04 bits per heavy atom. The molecule has 1 aliphatic heterocycles. The number of aromatic nitrogens is 4. The van der Waals surface area contributed by atoms with Gasteiger partial charge in [0.2, 0.25) is 5.95 Å². The molecule has 0 bridgehead atoms. The van der Waals surface area contributed by atoms with Gasteiger partial charge in [-0.3, -0.25) is 9.97 Å². The highest BCUT2D eigenvalue weighted by Crippen LogP contribution is 2.26. The van der Waals surface area contributed by atoms with Crippen molar-refractivity contribution in [1.29, 1.82) is 0 Å². The Morgan fingerprint density at radius 1 is 1.21 bits per heavy atom. The van der Waals surface area contributed by atoms with Gasteiger partial charge in [0.25, 0.3) is 0 Å². The number of aryl methyl sites for hydroxylation is 1. The monoisotopic (exact) mass is 328 g/mol. The van der Waals surface area contributed by atoms with E-state index in [1.54, 1.807) is 18.6 Å². The maximum absolute atomic E-state index is 10.4. The van der Waals surface area contributed by atoms with Crippen LogP contribution < -0.4 is 9.80 Å². The normalized spacial score (nSPS) is 20.4. The van der Waals surface area contributed by atoms with Crippen molar-refractivity contribution >= 4 is 11.8 Å². The van der Waals surface area contributed by atoms with Crippen molar-refractivity contribution in [3.8, 4) is 0 Å². The Hall–Kier alpha value is -2.28. The van der Waals surface area contributed by atoms with E-state index in [0.29, 0.717) is 12.5 Å². The van der Waals surface area contributed by atoms with E-state index in [1.807, 2.05) is 25.1 Å². The van der Waals surface area contributed by atoms with Crippen molar-refractivity contribution in [3.05, 3.63) is 36.0 Å². The second-order valence-electron chi connectivity index (χ2n) is 6.40. The van der Waals surface area contributed by atoms with E-state index in [0.717, 1.165) is 36.6 Å². The lowest BCUT2D eigenvalue weighted by Gasteiger charge is -2.20. The fourth-order valence-corrected chi connectivity index (χ4v) is 2.96. The minimum Gasteiger partial charge on any atom is -0.391 e. The summed E-state index contributed by atoms with van der Waals surface area (Å²) in [6.07, 6.45) is 6.30. The molecule has 7 nitrogen and oxygen atoms in total. The lowest BCUT2D eigenvalue weighted by Crippen LogP contribution is -2.24. The fraction of sp³-hybridized carbons (Fsp3) is 0.529. The minimum absolute atomic E-state index is 0.129. The number of aliphatic hydroxyl groups is 1. The van der Waals surface area contributed by atoms with E-state index < -0.39 is 6.10 Å². The molecule has 0 radical (unpaired) electrons. The second-order valence-corrected chi connectivity index (χ2v) is 6.40. The van der Waals surface area contributed by atoms with Crippen LogP contribution in [0.5, 0.6) is 0 Å². The Labute approximate surface area is 142 Å². The van der Waals surface area contributed by atoms with Crippen molar-refractivity contribution < 1.29 is 5.11 Å². The molecule has 1 fully saturated rings. The zero-order valence-electron chi connectivity index (χ0n) is 14.4. The topological polar surface area (TPSA) is 78.3 Å². The van der Waals surface area contributed by atoms with Gasteiger partial charge in [-0.15, -0.1) is 0 Å². The first-order chi connectivity index (χ1) is 11.6. The van der Waals surface area contributed by atoms with E-state index in [2.05, 4.69) is 31.8 Å². The van der Waals surface area contributed by atoms with E-state index >= 15 is 0 Å². The lowest BCUT2D eigenvalue weighted by atomic mass is 10.0. The molecule has 0 unspecified atom stereocenters. The maximum atomic E-state index is 10.4. The second kappa shape index (κ2) is 7.09. The molecule has 3 heterocycles. The highest BCUT2D eigenvalue weighted by atomic mass is 16.3. The molecular weight excluding hydrogens is 304 g/mol. The van der Waals surface area contributed by atoms with Crippen molar-refractivity contribution in [1.82, 2.24) is 19.9 Å². The third-order valence-corrected chi connectivity index (χ3v) is 4.33. The quantitative estimate of drug-likeness (QED) is 0.875. The van der Waals surface area contributed by atoms with E-state index in [9.17, 15) is 5.11 Å². The summed E-state index contributed by atoms with van der Waals surface area (Å²) in [6, 6.07) is 2.02. The van der Waals surface area contributed by atoms with Gasteiger partial charge in [0, 0.05) is 63.5 Å². The van der Waals surface area contributed by atoms with Gasteiger partial charge in [0.15, 0.2) is 0 Å². The van der Waals surface area contributed by atoms with Crippen LogP contribution in [0.4, 0.5) is 11.8 Å². The van der Waals surface area contributed by atoms with Gasteiger partial charge in [0.05, 0.1) is 11.8 Å². The minimum atomic E-state index is -0.394. The zero-order valence-corrected chi connectivity index (χ0v) is 14.4. The van der Waals surface area contributed by atoms with Crippen LogP contribution in [0, 0.1) is 5.92 Å². The Morgan fingerprint density at radius 3 is 2.71 bits per heavy atom. The first-order valence-electron chi connectivity index (χ1n) is 8.30. The molecule has 1 aliphatic rings. The molecule has 2 atom stereocenters. The molecule has 24 heavy (non-hydrogen) atoms. The van der Waals surface area contributed by atoms with Gasteiger partial charge >= 0.3 is 0 Å². The predicted molar refractivity (Wildman–Crippen MR) is 93.2 cm³/mol. The number of rotatable bonds is 5. The largest absolute Gasteiger partial charge is 0.391 e. The number of hydrogen-bond acceptors (Lipinski definition) is 7. The maximum Gasteiger partial charge on any atom is 0.227 e. The van der Waals surface area contributed by atoms with Crippen LogP contribution in [0.2, 0.25) is 0 Å². The highest BCUT2D eigenvalue weighted by molar-refractivity contribution is 5.47. The molecule has 0 amide bonds. The summed E-state index contributed by atoms with van der Waals surface area (Å²) in [6.45, 7) is 3.42. The van der Waals surface area contributed by atoms with Crippen molar-refractivity contribution in [2.45, 2.75) is 25.9 Å². The average Bonchev–Trinajstić information content (AvgIpc) is 2.96. The Bertz CT molecular complexity index is 678. The van der Waals surface area contributed by atoms with E-state index in [1.165, 1.54) is 0 Å². The third kappa shape index (κ3) is 3.62. The molecule has 1 saturated heterocycles. The molecule has 2 aromatic rings. The van der Waals surface area contributed by atoms with Crippen molar-refractivity contribution in [2.24, 2.45) is 5.92 Å². The molecule has 7 heteroatoms. The lowest BCUT2D eigenvalue weighted by molar-refractivity contribution is 0.147. The van der Waals surface area contributed by atoms with E-state index in [-0.39, 0.29) is 5.92 Å². The Kier molecular flexibility index (Phi) is 4.89. The van der Waals surface area contributed by atoms with Gasteiger partial charge in [-0.25, -0.2) is 4.98 Å². The molecule has 128 valence electrons. The molecule has 1 N–H and O–H groups in total. The Balaban J connectivity index is 1.77. The summed E-state index contributed by atoms with van der Waals surface area (Å²) >= 11 is 0. The molecule has 0 aliphatic carbocycles. The zero-order chi connectivity index (χ0) is 17.1.